The molecule has 3 rings (SSSR count). The van der Waals surface area contributed by atoms with E-state index in [4.69, 9.17) is 10.7 Å². The van der Waals surface area contributed by atoms with E-state index in [2.05, 4.69) is 6.92 Å². The summed E-state index contributed by atoms with van der Waals surface area (Å²) in [7, 11) is 0. The van der Waals surface area contributed by atoms with Gasteiger partial charge in [-0.1, -0.05) is 37.9 Å². The predicted molar refractivity (Wildman–Crippen MR) is 89.6 cm³/mol. The standard InChI is InChI=1S/C15H21N3O2S2/c1-9-7-11-13(22-9)14(20)18(10-5-3-2-4-6-10)15(17-11)21-8-12(16)19/h9-10H,2-8H2,1H3,(H2,16,19). The summed E-state index contributed by atoms with van der Waals surface area (Å²) in [6, 6.07) is 0.214. The summed E-state index contributed by atoms with van der Waals surface area (Å²) in [6.07, 6.45) is 6.40. The fourth-order valence-corrected chi connectivity index (χ4v) is 5.14. The van der Waals surface area contributed by atoms with E-state index < -0.39 is 0 Å². The molecule has 0 aromatic carbocycles. The van der Waals surface area contributed by atoms with E-state index in [1.807, 2.05) is 4.57 Å². The van der Waals surface area contributed by atoms with E-state index in [9.17, 15) is 9.59 Å². The number of carbonyl (C=O) groups is 1. The van der Waals surface area contributed by atoms with Crippen LogP contribution in [0.5, 0.6) is 0 Å². The highest BCUT2D eigenvalue weighted by atomic mass is 32.2. The molecular weight excluding hydrogens is 318 g/mol. The van der Waals surface area contributed by atoms with Gasteiger partial charge in [0.1, 0.15) is 0 Å². The van der Waals surface area contributed by atoms with Crippen molar-refractivity contribution in [1.82, 2.24) is 9.55 Å². The number of carbonyl (C=O) groups excluding carboxylic acids is 1. The van der Waals surface area contributed by atoms with Crippen molar-refractivity contribution in [3.05, 3.63) is 16.0 Å². The summed E-state index contributed by atoms with van der Waals surface area (Å²) in [5, 5.41) is 1.07. The van der Waals surface area contributed by atoms with Gasteiger partial charge in [-0.3, -0.25) is 14.2 Å². The lowest BCUT2D eigenvalue weighted by Crippen LogP contribution is -2.30. The van der Waals surface area contributed by atoms with Crippen LogP contribution in [0, 0.1) is 0 Å². The summed E-state index contributed by atoms with van der Waals surface area (Å²) in [5.41, 5.74) is 6.23. The average molecular weight is 339 g/mol. The van der Waals surface area contributed by atoms with E-state index in [0.29, 0.717) is 10.4 Å². The molecule has 2 N–H and O–H groups in total. The zero-order valence-corrected chi connectivity index (χ0v) is 14.3. The molecule has 1 aliphatic carbocycles. The molecule has 2 aliphatic rings. The molecule has 1 atom stereocenters. The number of rotatable bonds is 4. The molecule has 0 radical (unpaired) electrons. The van der Waals surface area contributed by atoms with Crippen molar-refractivity contribution in [2.75, 3.05) is 5.75 Å². The van der Waals surface area contributed by atoms with Crippen LogP contribution in [0.15, 0.2) is 14.8 Å². The Hall–Kier alpha value is -0.950. The molecule has 0 spiro atoms. The first kappa shape index (κ1) is 15.9. The maximum absolute atomic E-state index is 12.9. The average Bonchev–Trinajstić information content (AvgIpc) is 2.87. The van der Waals surface area contributed by atoms with Gasteiger partial charge in [0.15, 0.2) is 5.16 Å². The van der Waals surface area contributed by atoms with Crippen LogP contribution in [0.3, 0.4) is 0 Å². The molecule has 22 heavy (non-hydrogen) atoms. The molecule has 1 aliphatic heterocycles. The Kier molecular flexibility index (Phi) is 4.82. The molecule has 1 amide bonds. The Morgan fingerprint density at radius 2 is 2.14 bits per heavy atom. The van der Waals surface area contributed by atoms with Crippen molar-refractivity contribution >= 4 is 29.4 Å². The molecule has 1 aromatic heterocycles. The SMILES string of the molecule is CC1Cc2nc(SCC(N)=O)n(C3CCCCC3)c(=O)c2S1. The number of primary amides is 1. The van der Waals surface area contributed by atoms with Crippen LogP contribution in [0.25, 0.3) is 0 Å². The van der Waals surface area contributed by atoms with Crippen molar-refractivity contribution < 1.29 is 4.79 Å². The minimum Gasteiger partial charge on any atom is -0.369 e. The number of hydrogen-bond donors (Lipinski definition) is 1. The topological polar surface area (TPSA) is 78.0 Å². The second-order valence-electron chi connectivity index (χ2n) is 6.02. The van der Waals surface area contributed by atoms with E-state index in [-0.39, 0.29) is 23.3 Å². The summed E-state index contributed by atoms with van der Waals surface area (Å²) >= 11 is 2.93. The first-order valence-corrected chi connectivity index (χ1v) is 9.66. The quantitative estimate of drug-likeness (QED) is 0.673. The van der Waals surface area contributed by atoms with Gasteiger partial charge in [-0.25, -0.2) is 4.98 Å². The maximum atomic E-state index is 12.9. The Morgan fingerprint density at radius 1 is 1.41 bits per heavy atom. The number of nitrogens with two attached hydrogens (primary N) is 1. The fraction of sp³-hybridized carbons (Fsp3) is 0.667. The fourth-order valence-electron chi connectivity index (χ4n) is 3.21. The van der Waals surface area contributed by atoms with Crippen molar-refractivity contribution in [2.24, 2.45) is 5.73 Å². The minimum atomic E-state index is -0.377. The highest BCUT2D eigenvalue weighted by Gasteiger charge is 2.29. The van der Waals surface area contributed by atoms with Crippen LogP contribution in [-0.4, -0.2) is 26.5 Å². The zero-order chi connectivity index (χ0) is 15.7. The maximum Gasteiger partial charge on any atom is 0.268 e. The van der Waals surface area contributed by atoms with Gasteiger partial charge in [-0.05, 0) is 12.8 Å². The van der Waals surface area contributed by atoms with E-state index >= 15 is 0 Å². The van der Waals surface area contributed by atoms with Crippen LogP contribution in [0.4, 0.5) is 0 Å². The smallest absolute Gasteiger partial charge is 0.268 e. The lowest BCUT2D eigenvalue weighted by molar-refractivity contribution is -0.115. The van der Waals surface area contributed by atoms with Gasteiger partial charge in [-0.2, -0.15) is 0 Å². The summed E-state index contributed by atoms with van der Waals surface area (Å²) < 4.78 is 1.84. The highest BCUT2D eigenvalue weighted by molar-refractivity contribution is 8.00. The molecular formula is C15H21N3O2S2. The molecule has 1 saturated carbocycles. The number of amides is 1. The lowest BCUT2D eigenvalue weighted by atomic mass is 9.95. The van der Waals surface area contributed by atoms with E-state index in [0.717, 1.165) is 42.7 Å². The third kappa shape index (κ3) is 3.20. The Morgan fingerprint density at radius 3 is 2.82 bits per heavy atom. The Balaban J connectivity index is 2.02. The van der Waals surface area contributed by atoms with Crippen LogP contribution < -0.4 is 11.3 Å². The summed E-state index contributed by atoms with van der Waals surface area (Å²) in [5.74, 6) is -0.210. The predicted octanol–water partition coefficient (Wildman–Crippen LogP) is 2.36. The molecule has 2 heterocycles. The van der Waals surface area contributed by atoms with Gasteiger partial charge >= 0.3 is 0 Å². The van der Waals surface area contributed by atoms with Gasteiger partial charge < -0.3 is 5.73 Å². The van der Waals surface area contributed by atoms with E-state index in [1.165, 1.54) is 18.2 Å². The number of fused-ring (bicyclic) bond motifs is 1. The normalized spacial score (nSPS) is 21.8. The molecule has 5 nitrogen and oxygen atoms in total. The third-order valence-corrected chi connectivity index (χ3v) is 6.39. The Bertz CT molecular complexity index is 638. The highest BCUT2D eigenvalue weighted by Crippen LogP contribution is 2.36. The number of nitrogens with zero attached hydrogens (tertiary/aromatic N) is 2. The largest absolute Gasteiger partial charge is 0.369 e. The zero-order valence-electron chi connectivity index (χ0n) is 12.7. The molecule has 120 valence electrons. The van der Waals surface area contributed by atoms with Gasteiger partial charge in [0.25, 0.3) is 5.56 Å². The molecule has 1 fully saturated rings. The first-order valence-electron chi connectivity index (χ1n) is 7.79. The van der Waals surface area contributed by atoms with Crippen molar-refractivity contribution in [2.45, 2.75) is 66.8 Å². The van der Waals surface area contributed by atoms with E-state index in [1.54, 1.807) is 11.8 Å². The van der Waals surface area contributed by atoms with Crippen LogP contribution >= 0.6 is 23.5 Å². The van der Waals surface area contributed by atoms with Crippen LogP contribution in [0.2, 0.25) is 0 Å². The minimum absolute atomic E-state index is 0.0817. The van der Waals surface area contributed by atoms with Gasteiger partial charge in [0.2, 0.25) is 5.91 Å². The van der Waals surface area contributed by atoms with Crippen molar-refractivity contribution in [3.63, 3.8) is 0 Å². The molecule has 1 unspecified atom stereocenters. The van der Waals surface area contributed by atoms with Crippen LogP contribution in [0.1, 0.15) is 50.8 Å². The lowest BCUT2D eigenvalue weighted by Gasteiger charge is -2.26. The van der Waals surface area contributed by atoms with Gasteiger partial charge in [-0.15, -0.1) is 11.8 Å². The van der Waals surface area contributed by atoms with Gasteiger partial charge in [0.05, 0.1) is 16.3 Å². The summed E-state index contributed by atoms with van der Waals surface area (Å²) in [4.78, 5) is 29.6. The monoisotopic (exact) mass is 339 g/mol. The Labute approximate surface area is 138 Å². The summed E-state index contributed by atoms with van der Waals surface area (Å²) in [6.45, 7) is 2.12. The second-order valence-corrected chi connectivity index (χ2v) is 8.42. The molecule has 0 saturated heterocycles. The number of hydrogen-bond acceptors (Lipinski definition) is 5. The van der Waals surface area contributed by atoms with Gasteiger partial charge in [0, 0.05) is 17.7 Å². The number of aromatic nitrogens is 2. The number of thioether (sulfide) groups is 2. The second kappa shape index (κ2) is 6.66. The molecule has 1 aromatic rings. The van der Waals surface area contributed by atoms with Crippen LogP contribution in [-0.2, 0) is 11.2 Å². The first-order chi connectivity index (χ1) is 10.6. The third-order valence-electron chi connectivity index (χ3n) is 4.20. The molecule has 0 bridgehead atoms. The van der Waals surface area contributed by atoms with Crippen molar-refractivity contribution in [3.8, 4) is 0 Å². The molecule has 7 heteroatoms. The van der Waals surface area contributed by atoms with Crippen molar-refractivity contribution in [1.29, 1.82) is 0 Å².